The second kappa shape index (κ2) is 5.94. The fourth-order valence-corrected chi connectivity index (χ4v) is 3.39. The molecule has 0 saturated carbocycles. The third kappa shape index (κ3) is 2.35. The molecule has 4 heterocycles. The maximum absolute atomic E-state index is 14.5. The van der Waals surface area contributed by atoms with Crippen LogP contribution in [0.5, 0.6) is 0 Å². The van der Waals surface area contributed by atoms with Gasteiger partial charge in [0, 0.05) is 44.5 Å². The molecule has 1 N–H and O–H groups in total. The molecule has 0 bridgehead atoms. The van der Waals surface area contributed by atoms with Crippen LogP contribution in [0.25, 0.3) is 5.65 Å². The predicted octanol–water partition coefficient (Wildman–Crippen LogP) is 1.39. The average molecular weight is 357 g/mol. The summed E-state index contributed by atoms with van der Waals surface area (Å²) in [6.07, 6.45) is 4.99. The van der Waals surface area contributed by atoms with Crippen LogP contribution in [-0.2, 0) is 10.3 Å². The number of pyridine rings is 1. The Morgan fingerprint density at radius 3 is 2.54 bits per heavy atom. The van der Waals surface area contributed by atoms with Crippen molar-refractivity contribution < 1.29 is 19.1 Å². The molecule has 4 rings (SSSR count). The van der Waals surface area contributed by atoms with Crippen molar-refractivity contribution in [3.8, 4) is 0 Å². The SMILES string of the molecule is O=C(c1nc2ccccn2c1F)N1CCC(C(=O)O)(n2cccn2)CC1. The molecule has 1 saturated heterocycles. The molecule has 8 nitrogen and oxygen atoms in total. The number of aromatic nitrogens is 4. The van der Waals surface area contributed by atoms with E-state index in [2.05, 4.69) is 10.1 Å². The van der Waals surface area contributed by atoms with Crippen molar-refractivity contribution in [1.82, 2.24) is 24.1 Å². The zero-order valence-corrected chi connectivity index (χ0v) is 13.7. The van der Waals surface area contributed by atoms with E-state index in [4.69, 9.17) is 0 Å². The van der Waals surface area contributed by atoms with E-state index in [0.717, 1.165) is 0 Å². The summed E-state index contributed by atoms with van der Waals surface area (Å²) < 4.78 is 17.1. The molecular formula is C17H16FN5O3. The van der Waals surface area contributed by atoms with Crippen LogP contribution in [0.2, 0.25) is 0 Å². The van der Waals surface area contributed by atoms with Crippen molar-refractivity contribution in [3.63, 3.8) is 0 Å². The second-order valence-electron chi connectivity index (χ2n) is 6.26. The minimum Gasteiger partial charge on any atom is -0.479 e. The van der Waals surface area contributed by atoms with Crippen molar-refractivity contribution in [1.29, 1.82) is 0 Å². The quantitative estimate of drug-likeness (QED) is 0.765. The number of amides is 1. The van der Waals surface area contributed by atoms with Gasteiger partial charge in [-0.05, 0) is 18.2 Å². The molecular weight excluding hydrogens is 341 g/mol. The molecule has 0 aliphatic carbocycles. The van der Waals surface area contributed by atoms with Gasteiger partial charge in [-0.15, -0.1) is 0 Å². The summed E-state index contributed by atoms with van der Waals surface area (Å²) in [4.78, 5) is 30.1. The number of carboxylic acid groups (broad SMARTS) is 1. The fourth-order valence-electron chi connectivity index (χ4n) is 3.39. The first-order valence-electron chi connectivity index (χ1n) is 8.18. The molecule has 26 heavy (non-hydrogen) atoms. The topological polar surface area (TPSA) is 92.7 Å². The van der Waals surface area contributed by atoms with Crippen LogP contribution in [0.15, 0.2) is 42.9 Å². The fraction of sp³-hybridized carbons (Fsp3) is 0.294. The Hall–Kier alpha value is -3.23. The third-order valence-electron chi connectivity index (χ3n) is 4.89. The van der Waals surface area contributed by atoms with Gasteiger partial charge in [-0.25, -0.2) is 9.78 Å². The lowest BCUT2D eigenvalue weighted by atomic mass is 9.87. The molecule has 0 radical (unpaired) electrons. The number of fused-ring (bicyclic) bond motifs is 1. The Morgan fingerprint density at radius 2 is 1.92 bits per heavy atom. The Morgan fingerprint density at radius 1 is 1.15 bits per heavy atom. The summed E-state index contributed by atoms with van der Waals surface area (Å²) >= 11 is 0. The van der Waals surface area contributed by atoms with Crippen LogP contribution < -0.4 is 0 Å². The van der Waals surface area contributed by atoms with Gasteiger partial charge in [-0.3, -0.25) is 13.9 Å². The normalized spacial score (nSPS) is 16.7. The number of rotatable bonds is 3. The Labute approximate surface area is 147 Å². The highest BCUT2D eigenvalue weighted by atomic mass is 19.1. The number of imidazole rings is 1. The van der Waals surface area contributed by atoms with E-state index in [0.29, 0.717) is 5.65 Å². The zero-order chi connectivity index (χ0) is 18.3. The number of aliphatic carboxylic acids is 1. The maximum atomic E-state index is 14.5. The maximum Gasteiger partial charge on any atom is 0.331 e. The number of likely N-dealkylation sites (tertiary alicyclic amines) is 1. The van der Waals surface area contributed by atoms with Crippen LogP contribution in [-0.4, -0.2) is 54.1 Å². The van der Waals surface area contributed by atoms with Crippen molar-refractivity contribution in [3.05, 3.63) is 54.5 Å². The lowest BCUT2D eigenvalue weighted by molar-refractivity contribution is -0.150. The number of piperidine rings is 1. The lowest BCUT2D eigenvalue weighted by Gasteiger charge is -2.38. The van der Waals surface area contributed by atoms with E-state index in [-0.39, 0.29) is 31.6 Å². The van der Waals surface area contributed by atoms with Gasteiger partial charge in [-0.2, -0.15) is 9.49 Å². The van der Waals surface area contributed by atoms with Crippen LogP contribution in [0, 0.1) is 5.95 Å². The van der Waals surface area contributed by atoms with Gasteiger partial charge in [0.25, 0.3) is 5.91 Å². The highest BCUT2D eigenvalue weighted by molar-refractivity contribution is 5.93. The number of carbonyl (C=O) groups excluding carboxylic acids is 1. The van der Waals surface area contributed by atoms with Crippen LogP contribution in [0.4, 0.5) is 4.39 Å². The highest BCUT2D eigenvalue weighted by Gasteiger charge is 2.45. The molecule has 0 atom stereocenters. The average Bonchev–Trinajstić information content (AvgIpc) is 3.30. The lowest BCUT2D eigenvalue weighted by Crippen LogP contribution is -2.52. The molecule has 0 unspecified atom stereocenters. The number of carbonyl (C=O) groups is 2. The summed E-state index contributed by atoms with van der Waals surface area (Å²) in [5.74, 6) is -2.24. The van der Waals surface area contributed by atoms with Crippen LogP contribution in [0.1, 0.15) is 23.3 Å². The van der Waals surface area contributed by atoms with Crippen molar-refractivity contribution >= 4 is 17.5 Å². The van der Waals surface area contributed by atoms with E-state index in [1.165, 1.54) is 26.4 Å². The number of nitrogens with zero attached hydrogens (tertiary/aromatic N) is 5. The minimum absolute atomic E-state index is 0.179. The van der Waals surface area contributed by atoms with Crippen LogP contribution >= 0.6 is 0 Å². The molecule has 1 fully saturated rings. The van der Waals surface area contributed by atoms with Gasteiger partial charge >= 0.3 is 5.97 Å². The number of hydrogen-bond acceptors (Lipinski definition) is 4. The summed E-state index contributed by atoms with van der Waals surface area (Å²) in [6, 6.07) is 6.64. The molecule has 3 aromatic rings. The third-order valence-corrected chi connectivity index (χ3v) is 4.89. The second-order valence-corrected chi connectivity index (χ2v) is 6.26. The molecule has 3 aromatic heterocycles. The first-order chi connectivity index (χ1) is 12.5. The number of carboxylic acids is 1. The predicted molar refractivity (Wildman–Crippen MR) is 88.1 cm³/mol. The first kappa shape index (κ1) is 16.2. The monoisotopic (exact) mass is 357 g/mol. The molecule has 1 amide bonds. The van der Waals surface area contributed by atoms with Gasteiger partial charge in [0.15, 0.2) is 11.2 Å². The summed E-state index contributed by atoms with van der Waals surface area (Å²) in [5.41, 5.74) is -1.10. The Kier molecular flexibility index (Phi) is 3.71. The minimum atomic E-state index is -1.20. The summed E-state index contributed by atoms with van der Waals surface area (Å²) in [6.45, 7) is 0.358. The van der Waals surface area contributed by atoms with E-state index in [1.807, 2.05) is 0 Å². The molecule has 0 spiro atoms. The molecule has 1 aliphatic heterocycles. The summed E-state index contributed by atoms with van der Waals surface area (Å²) in [5, 5.41) is 13.8. The number of halogens is 1. The molecule has 134 valence electrons. The van der Waals surface area contributed by atoms with E-state index >= 15 is 0 Å². The standard InChI is InChI=1S/C17H16FN5O3/c18-14-13(20-12-4-1-2-8-22(12)14)15(24)21-10-5-17(6-11-21,16(25)26)23-9-3-7-19-23/h1-4,7-9H,5-6,10-11H2,(H,25,26). The Balaban J connectivity index is 1.58. The van der Waals surface area contributed by atoms with Crippen LogP contribution in [0.3, 0.4) is 0 Å². The van der Waals surface area contributed by atoms with Crippen molar-refractivity contribution in [2.45, 2.75) is 18.4 Å². The first-order valence-corrected chi connectivity index (χ1v) is 8.18. The van der Waals surface area contributed by atoms with Gasteiger partial charge in [0.1, 0.15) is 5.65 Å². The largest absolute Gasteiger partial charge is 0.479 e. The molecule has 1 aliphatic rings. The van der Waals surface area contributed by atoms with Gasteiger partial charge in [0.05, 0.1) is 0 Å². The van der Waals surface area contributed by atoms with Gasteiger partial charge < -0.3 is 10.0 Å². The van der Waals surface area contributed by atoms with Gasteiger partial charge in [0.2, 0.25) is 5.95 Å². The van der Waals surface area contributed by atoms with Crippen molar-refractivity contribution in [2.75, 3.05) is 13.1 Å². The summed E-state index contributed by atoms with van der Waals surface area (Å²) in [7, 11) is 0. The number of hydrogen-bond donors (Lipinski definition) is 1. The van der Waals surface area contributed by atoms with Crippen molar-refractivity contribution in [2.24, 2.45) is 0 Å². The van der Waals surface area contributed by atoms with E-state index < -0.39 is 23.4 Å². The zero-order valence-electron chi connectivity index (χ0n) is 13.7. The smallest absolute Gasteiger partial charge is 0.331 e. The molecule has 0 aromatic carbocycles. The Bertz CT molecular complexity index is 974. The molecule has 9 heteroatoms. The highest BCUT2D eigenvalue weighted by Crippen LogP contribution is 2.31. The van der Waals surface area contributed by atoms with Gasteiger partial charge in [-0.1, -0.05) is 6.07 Å². The van der Waals surface area contributed by atoms with E-state index in [9.17, 15) is 19.1 Å². The van der Waals surface area contributed by atoms with E-state index in [1.54, 1.807) is 30.5 Å².